The molecule has 4 rings (SSSR count). The first-order chi connectivity index (χ1) is 14.0. The number of benzene rings is 3. The molecule has 6 heteroatoms. The minimum Gasteiger partial charge on any atom is -0.436 e. The number of thiocarbonyl (C=S) groups is 1. The van der Waals surface area contributed by atoms with Gasteiger partial charge in [0, 0.05) is 16.8 Å². The summed E-state index contributed by atoms with van der Waals surface area (Å²) in [5, 5.41) is 5.94. The molecule has 0 aliphatic heterocycles. The lowest BCUT2D eigenvalue weighted by Crippen LogP contribution is -2.34. The van der Waals surface area contributed by atoms with Gasteiger partial charge in [0.1, 0.15) is 5.52 Å². The zero-order valence-corrected chi connectivity index (χ0v) is 16.8. The van der Waals surface area contributed by atoms with Crippen molar-refractivity contribution in [3.63, 3.8) is 0 Å². The quantitative estimate of drug-likeness (QED) is 0.460. The van der Waals surface area contributed by atoms with Crippen LogP contribution >= 0.6 is 12.2 Å². The van der Waals surface area contributed by atoms with Crippen molar-refractivity contribution in [2.75, 3.05) is 5.32 Å². The topological polar surface area (TPSA) is 67.2 Å². The number of anilines is 1. The van der Waals surface area contributed by atoms with Crippen LogP contribution in [-0.4, -0.2) is 16.0 Å². The van der Waals surface area contributed by atoms with Gasteiger partial charge in [0.25, 0.3) is 5.91 Å². The molecule has 0 saturated heterocycles. The molecular weight excluding hydrogens is 382 g/mol. The number of rotatable bonds is 3. The molecule has 0 saturated carbocycles. The Hall–Kier alpha value is -3.51. The second-order valence-corrected chi connectivity index (χ2v) is 7.19. The number of nitrogens with zero attached hydrogens (tertiary/aromatic N) is 1. The highest BCUT2D eigenvalue weighted by molar-refractivity contribution is 7.80. The van der Waals surface area contributed by atoms with Gasteiger partial charge in [-0.1, -0.05) is 24.3 Å². The van der Waals surface area contributed by atoms with E-state index < -0.39 is 0 Å². The van der Waals surface area contributed by atoms with E-state index in [0.717, 1.165) is 27.9 Å². The van der Waals surface area contributed by atoms with Crippen molar-refractivity contribution in [2.24, 2.45) is 0 Å². The molecular formula is C23H19N3O2S. The summed E-state index contributed by atoms with van der Waals surface area (Å²) in [6, 6.07) is 20.5. The monoisotopic (exact) mass is 401 g/mol. The van der Waals surface area contributed by atoms with E-state index in [2.05, 4.69) is 22.5 Å². The Kier molecular flexibility index (Phi) is 5.10. The molecule has 4 aromatic rings. The van der Waals surface area contributed by atoms with Crippen LogP contribution in [-0.2, 0) is 0 Å². The third-order valence-electron chi connectivity index (χ3n) is 4.63. The van der Waals surface area contributed by atoms with Crippen molar-refractivity contribution >= 4 is 40.0 Å². The molecule has 0 atom stereocenters. The highest BCUT2D eigenvalue weighted by Gasteiger charge is 2.11. The third-order valence-corrected chi connectivity index (χ3v) is 4.84. The summed E-state index contributed by atoms with van der Waals surface area (Å²) in [6.07, 6.45) is 0. The Morgan fingerprint density at radius 3 is 2.52 bits per heavy atom. The van der Waals surface area contributed by atoms with Crippen molar-refractivity contribution in [3.8, 4) is 11.5 Å². The van der Waals surface area contributed by atoms with Gasteiger partial charge in [0.05, 0.1) is 0 Å². The number of nitrogens with one attached hydrogen (secondary N) is 2. The first kappa shape index (κ1) is 18.8. The van der Waals surface area contributed by atoms with Crippen molar-refractivity contribution in [1.29, 1.82) is 0 Å². The maximum absolute atomic E-state index is 12.2. The van der Waals surface area contributed by atoms with Crippen molar-refractivity contribution in [1.82, 2.24) is 10.3 Å². The van der Waals surface area contributed by atoms with Crippen LogP contribution in [0.5, 0.6) is 0 Å². The molecule has 3 aromatic carbocycles. The summed E-state index contributed by atoms with van der Waals surface area (Å²) in [6.45, 7) is 4.10. The molecule has 0 unspecified atom stereocenters. The van der Waals surface area contributed by atoms with Crippen LogP contribution in [0.1, 0.15) is 21.5 Å². The van der Waals surface area contributed by atoms with Gasteiger partial charge in [-0.3, -0.25) is 10.1 Å². The van der Waals surface area contributed by atoms with Crippen LogP contribution in [0.15, 0.2) is 71.1 Å². The van der Waals surface area contributed by atoms with Gasteiger partial charge in [-0.15, -0.1) is 0 Å². The van der Waals surface area contributed by atoms with E-state index in [1.54, 1.807) is 24.3 Å². The number of oxazole rings is 1. The van der Waals surface area contributed by atoms with Crippen LogP contribution in [0.2, 0.25) is 0 Å². The fourth-order valence-corrected chi connectivity index (χ4v) is 3.17. The largest absolute Gasteiger partial charge is 0.436 e. The van der Waals surface area contributed by atoms with E-state index >= 15 is 0 Å². The van der Waals surface area contributed by atoms with Gasteiger partial charge in [0.2, 0.25) is 5.89 Å². The Morgan fingerprint density at radius 2 is 1.72 bits per heavy atom. The molecule has 0 aliphatic rings. The molecule has 1 aromatic heterocycles. The number of fused-ring (bicyclic) bond motifs is 1. The Bertz CT molecular complexity index is 1180. The van der Waals surface area contributed by atoms with Gasteiger partial charge >= 0.3 is 0 Å². The van der Waals surface area contributed by atoms with Crippen LogP contribution in [0.4, 0.5) is 5.69 Å². The number of aromatic nitrogens is 1. The zero-order valence-electron chi connectivity index (χ0n) is 16.0. The average molecular weight is 401 g/mol. The maximum Gasteiger partial charge on any atom is 0.257 e. The van der Waals surface area contributed by atoms with Crippen LogP contribution in [0, 0.1) is 13.8 Å². The van der Waals surface area contributed by atoms with E-state index in [-0.39, 0.29) is 11.0 Å². The lowest BCUT2D eigenvalue weighted by molar-refractivity contribution is 0.0977. The van der Waals surface area contributed by atoms with Crippen LogP contribution in [0.25, 0.3) is 22.6 Å². The number of amides is 1. The standard InChI is InChI=1S/C23H19N3O2S/c1-14-11-19-20(12-15(14)2)28-22(25-19)17-9-6-10-18(13-17)24-23(29)26-21(27)16-7-4-3-5-8-16/h3-13H,1-2H3,(H2,24,26,27,29). The lowest BCUT2D eigenvalue weighted by atomic mass is 10.1. The maximum atomic E-state index is 12.2. The number of hydrogen-bond donors (Lipinski definition) is 2. The number of carbonyl (C=O) groups excluding carboxylic acids is 1. The van der Waals surface area contributed by atoms with Gasteiger partial charge < -0.3 is 9.73 Å². The Balaban J connectivity index is 1.51. The van der Waals surface area contributed by atoms with E-state index in [4.69, 9.17) is 16.6 Å². The fourth-order valence-electron chi connectivity index (χ4n) is 2.96. The summed E-state index contributed by atoms with van der Waals surface area (Å²) in [7, 11) is 0. The summed E-state index contributed by atoms with van der Waals surface area (Å²) in [4.78, 5) is 16.8. The summed E-state index contributed by atoms with van der Waals surface area (Å²) >= 11 is 5.27. The Morgan fingerprint density at radius 1 is 0.966 bits per heavy atom. The van der Waals surface area contributed by atoms with Gasteiger partial charge in [0.15, 0.2) is 10.7 Å². The number of aryl methyl sites for hydroxylation is 2. The molecule has 2 N–H and O–H groups in total. The van der Waals surface area contributed by atoms with Gasteiger partial charge in [-0.2, -0.15) is 0 Å². The molecule has 0 bridgehead atoms. The van der Waals surface area contributed by atoms with Crippen LogP contribution in [0.3, 0.4) is 0 Å². The number of hydrogen-bond acceptors (Lipinski definition) is 4. The SMILES string of the molecule is Cc1cc2nc(-c3cccc(NC(=S)NC(=O)c4ccccc4)c3)oc2cc1C. The fraction of sp³-hybridized carbons (Fsp3) is 0.0870. The van der Waals surface area contributed by atoms with Crippen molar-refractivity contribution < 1.29 is 9.21 Å². The first-order valence-electron chi connectivity index (χ1n) is 9.15. The molecule has 5 nitrogen and oxygen atoms in total. The van der Waals surface area contributed by atoms with Gasteiger partial charge in [-0.05, 0) is 79.7 Å². The smallest absolute Gasteiger partial charge is 0.257 e. The van der Waals surface area contributed by atoms with E-state index in [1.807, 2.05) is 49.4 Å². The third kappa shape index (κ3) is 4.17. The molecule has 0 spiro atoms. The summed E-state index contributed by atoms with van der Waals surface area (Å²) in [5.41, 5.74) is 6.01. The average Bonchev–Trinajstić information content (AvgIpc) is 3.12. The zero-order chi connectivity index (χ0) is 20.4. The minimum atomic E-state index is -0.260. The second kappa shape index (κ2) is 7.85. The Labute approximate surface area is 173 Å². The van der Waals surface area contributed by atoms with E-state index in [1.165, 1.54) is 5.56 Å². The van der Waals surface area contributed by atoms with Crippen molar-refractivity contribution in [3.05, 3.63) is 83.4 Å². The van der Waals surface area contributed by atoms with E-state index in [0.29, 0.717) is 11.5 Å². The molecule has 1 amide bonds. The summed E-state index contributed by atoms with van der Waals surface area (Å²) in [5.74, 6) is 0.275. The predicted molar refractivity (Wildman–Crippen MR) is 119 cm³/mol. The summed E-state index contributed by atoms with van der Waals surface area (Å²) < 4.78 is 5.93. The first-order valence-corrected chi connectivity index (χ1v) is 9.56. The predicted octanol–water partition coefficient (Wildman–Crippen LogP) is 5.24. The molecule has 144 valence electrons. The van der Waals surface area contributed by atoms with Crippen LogP contribution < -0.4 is 10.6 Å². The lowest BCUT2D eigenvalue weighted by Gasteiger charge is -2.10. The normalized spacial score (nSPS) is 10.7. The number of carbonyl (C=O) groups is 1. The van der Waals surface area contributed by atoms with Gasteiger partial charge in [-0.25, -0.2) is 4.98 Å². The highest BCUT2D eigenvalue weighted by atomic mass is 32.1. The van der Waals surface area contributed by atoms with Crippen molar-refractivity contribution in [2.45, 2.75) is 13.8 Å². The molecule has 1 heterocycles. The van der Waals surface area contributed by atoms with E-state index in [9.17, 15) is 4.79 Å². The molecule has 0 radical (unpaired) electrons. The second-order valence-electron chi connectivity index (χ2n) is 6.78. The molecule has 0 fully saturated rings. The molecule has 29 heavy (non-hydrogen) atoms. The highest BCUT2D eigenvalue weighted by Crippen LogP contribution is 2.27. The molecule has 0 aliphatic carbocycles. The minimum absolute atomic E-state index is 0.222.